The summed E-state index contributed by atoms with van der Waals surface area (Å²) in [6, 6.07) is 5.24. The van der Waals surface area contributed by atoms with Gasteiger partial charge in [-0.2, -0.15) is 0 Å². The maximum Gasteiger partial charge on any atom is 0.0969 e. The summed E-state index contributed by atoms with van der Waals surface area (Å²) in [5.41, 5.74) is 1.66. The molecule has 84 valence electrons. The van der Waals surface area contributed by atoms with Crippen LogP contribution in [0.4, 0.5) is 0 Å². The summed E-state index contributed by atoms with van der Waals surface area (Å²) in [6.07, 6.45) is 1.83. The van der Waals surface area contributed by atoms with Crippen molar-refractivity contribution in [2.45, 2.75) is 6.54 Å². The molecule has 0 amide bonds. The van der Waals surface area contributed by atoms with Crippen LogP contribution in [0.3, 0.4) is 0 Å². The van der Waals surface area contributed by atoms with Crippen molar-refractivity contribution in [2.24, 2.45) is 0 Å². The van der Waals surface area contributed by atoms with Crippen molar-refractivity contribution < 1.29 is 0 Å². The van der Waals surface area contributed by atoms with E-state index in [4.69, 9.17) is 23.2 Å². The molecule has 0 saturated carbocycles. The lowest BCUT2D eigenvalue weighted by molar-refractivity contribution is 0.767. The Labute approximate surface area is 103 Å². The Bertz CT molecular complexity index is 475. The van der Waals surface area contributed by atoms with E-state index in [-0.39, 0.29) is 0 Å². The third-order valence-corrected chi connectivity index (χ3v) is 2.45. The Morgan fingerprint density at radius 3 is 2.56 bits per heavy atom. The van der Waals surface area contributed by atoms with Gasteiger partial charge < -0.3 is 5.32 Å². The van der Waals surface area contributed by atoms with Gasteiger partial charge in [0.15, 0.2) is 0 Å². The van der Waals surface area contributed by atoms with Gasteiger partial charge in [-0.1, -0.05) is 28.4 Å². The summed E-state index contributed by atoms with van der Waals surface area (Å²) < 4.78 is 1.64. The second-order valence-electron chi connectivity index (χ2n) is 3.31. The van der Waals surface area contributed by atoms with E-state index in [1.54, 1.807) is 22.9 Å². The average Bonchev–Trinajstić information content (AvgIpc) is 2.65. The van der Waals surface area contributed by atoms with Gasteiger partial charge in [-0.15, -0.1) is 5.10 Å². The summed E-state index contributed by atoms with van der Waals surface area (Å²) in [7, 11) is 1.86. The van der Waals surface area contributed by atoms with Crippen LogP contribution in [0.5, 0.6) is 0 Å². The molecule has 0 fully saturated rings. The molecule has 0 bridgehead atoms. The van der Waals surface area contributed by atoms with E-state index in [0.717, 1.165) is 11.4 Å². The number of benzene rings is 1. The Morgan fingerprint density at radius 2 is 1.94 bits per heavy atom. The molecule has 0 aliphatic rings. The number of rotatable bonds is 3. The topological polar surface area (TPSA) is 42.7 Å². The van der Waals surface area contributed by atoms with Crippen molar-refractivity contribution in [3.63, 3.8) is 0 Å². The van der Waals surface area contributed by atoms with Gasteiger partial charge in [-0.05, 0) is 25.2 Å². The lowest BCUT2D eigenvalue weighted by atomic mass is 10.3. The number of aromatic nitrogens is 3. The smallest absolute Gasteiger partial charge is 0.0969 e. The van der Waals surface area contributed by atoms with E-state index in [0.29, 0.717) is 16.6 Å². The van der Waals surface area contributed by atoms with Gasteiger partial charge in [0.05, 0.1) is 17.6 Å². The maximum atomic E-state index is 5.91. The zero-order chi connectivity index (χ0) is 11.5. The first-order valence-electron chi connectivity index (χ1n) is 4.71. The Morgan fingerprint density at radius 1 is 1.25 bits per heavy atom. The van der Waals surface area contributed by atoms with Crippen molar-refractivity contribution in [2.75, 3.05) is 7.05 Å². The van der Waals surface area contributed by atoms with Gasteiger partial charge in [0.1, 0.15) is 0 Å². The van der Waals surface area contributed by atoms with E-state index >= 15 is 0 Å². The van der Waals surface area contributed by atoms with Crippen LogP contribution in [0.1, 0.15) is 5.69 Å². The fraction of sp³-hybridized carbons (Fsp3) is 0.200. The quantitative estimate of drug-likeness (QED) is 0.917. The molecule has 2 rings (SSSR count). The monoisotopic (exact) mass is 256 g/mol. The van der Waals surface area contributed by atoms with Gasteiger partial charge in [0.25, 0.3) is 0 Å². The fourth-order valence-electron chi connectivity index (χ4n) is 1.36. The second kappa shape index (κ2) is 4.82. The summed E-state index contributed by atoms with van der Waals surface area (Å²) in [4.78, 5) is 0. The molecule has 0 atom stereocenters. The zero-order valence-corrected chi connectivity index (χ0v) is 10.1. The molecular formula is C10H10Cl2N4. The fourth-order valence-corrected chi connectivity index (χ4v) is 1.87. The van der Waals surface area contributed by atoms with Gasteiger partial charge in [-0.3, -0.25) is 0 Å². The minimum atomic E-state index is 0.577. The first-order valence-corrected chi connectivity index (χ1v) is 5.47. The van der Waals surface area contributed by atoms with E-state index in [1.807, 2.05) is 13.2 Å². The largest absolute Gasteiger partial charge is 0.314 e. The van der Waals surface area contributed by atoms with Gasteiger partial charge in [-0.25, -0.2) is 4.68 Å². The highest BCUT2D eigenvalue weighted by Crippen LogP contribution is 2.21. The van der Waals surface area contributed by atoms with E-state index in [2.05, 4.69) is 15.6 Å². The predicted molar refractivity (Wildman–Crippen MR) is 64.1 cm³/mol. The lowest BCUT2D eigenvalue weighted by Gasteiger charge is -2.01. The summed E-state index contributed by atoms with van der Waals surface area (Å²) >= 11 is 11.8. The molecule has 0 aliphatic carbocycles. The molecule has 16 heavy (non-hydrogen) atoms. The summed E-state index contributed by atoms with van der Waals surface area (Å²) in [5.74, 6) is 0. The molecule has 0 spiro atoms. The molecule has 0 radical (unpaired) electrons. The number of nitrogens with zero attached hydrogens (tertiary/aromatic N) is 3. The standard InChI is InChI=1S/C10H10Cl2N4/c1-13-5-9-6-16(15-14-9)10-3-7(11)2-8(12)4-10/h2-4,6,13H,5H2,1H3. The summed E-state index contributed by atoms with van der Waals surface area (Å²) in [5, 5.41) is 12.2. The van der Waals surface area contributed by atoms with Crippen LogP contribution < -0.4 is 5.32 Å². The van der Waals surface area contributed by atoms with Crippen LogP contribution in [0.2, 0.25) is 10.0 Å². The highest BCUT2D eigenvalue weighted by Gasteiger charge is 2.04. The molecule has 0 unspecified atom stereocenters. The third kappa shape index (κ3) is 2.52. The summed E-state index contributed by atoms with van der Waals surface area (Å²) in [6.45, 7) is 0.675. The molecule has 6 heteroatoms. The molecule has 0 saturated heterocycles. The van der Waals surface area contributed by atoms with Gasteiger partial charge in [0.2, 0.25) is 0 Å². The second-order valence-corrected chi connectivity index (χ2v) is 4.19. The van der Waals surface area contributed by atoms with Crippen LogP contribution in [0, 0.1) is 0 Å². The lowest BCUT2D eigenvalue weighted by Crippen LogP contribution is -2.04. The number of halogens is 2. The SMILES string of the molecule is CNCc1cn(-c2cc(Cl)cc(Cl)c2)nn1. The molecule has 1 N–H and O–H groups in total. The Hall–Kier alpha value is -1.10. The number of hydrogen-bond acceptors (Lipinski definition) is 3. The number of hydrogen-bond donors (Lipinski definition) is 1. The first kappa shape index (κ1) is 11.4. The van der Waals surface area contributed by atoms with Crippen LogP contribution in [-0.4, -0.2) is 22.0 Å². The van der Waals surface area contributed by atoms with Crippen molar-refractivity contribution in [3.05, 3.63) is 40.1 Å². The molecule has 1 aromatic carbocycles. The van der Waals surface area contributed by atoms with E-state index in [9.17, 15) is 0 Å². The third-order valence-electron chi connectivity index (χ3n) is 2.01. The highest BCUT2D eigenvalue weighted by molar-refractivity contribution is 6.34. The van der Waals surface area contributed by atoms with Crippen LogP contribution in [0.25, 0.3) is 5.69 Å². The molecule has 4 nitrogen and oxygen atoms in total. The maximum absolute atomic E-state index is 5.91. The molecule has 2 aromatic rings. The normalized spacial score (nSPS) is 10.7. The molecule has 1 heterocycles. The molecular weight excluding hydrogens is 247 g/mol. The molecule has 1 aromatic heterocycles. The molecule has 0 aliphatic heterocycles. The van der Waals surface area contributed by atoms with E-state index in [1.165, 1.54) is 0 Å². The van der Waals surface area contributed by atoms with E-state index < -0.39 is 0 Å². The number of nitrogens with one attached hydrogen (secondary N) is 1. The van der Waals surface area contributed by atoms with Crippen LogP contribution in [0.15, 0.2) is 24.4 Å². The predicted octanol–water partition coefficient (Wildman–Crippen LogP) is 2.29. The van der Waals surface area contributed by atoms with Crippen molar-refractivity contribution in [1.82, 2.24) is 20.3 Å². The van der Waals surface area contributed by atoms with Crippen LogP contribution >= 0.6 is 23.2 Å². The minimum absolute atomic E-state index is 0.577. The van der Waals surface area contributed by atoms with Crippen LogP contribution in [-0.2, 0) is 6.54 Å². The van der Waals surface area contributed by atoms with Gasteiger partial charge in [0, 0.05) is 16.6 Å². The minimum Gasteiger partial charge on any atom is -0.314 e. The van der Waals surface area contributed by atoms with Crippen molar-refractivity contribution >= 4 is 23.2 Å². The van der Waals surface area contributed by atoms with Crippen molar-refractivity contribution in [3.8, 4) is 5.69 Å². The first-order chi connectivity index (χ1) is 7.69. The van der Waals surface area contributed by atoms with Gasteiger partial charge >= 0.3 is 0 Å². The van der Waals surface area contributed by atoms with Crippen molar-refractivity contribution in [1.29, 1.82) is 0 Å². The average molecular weight is 257 g/mol. The Kier molecular flexibility index (Phi) is 3.43. The highest BCUT2D eigenvalue weighted by atomic mass is 35.5. The zero-order valence-electron chi connectivity index (χ0n) is 8.61. The Balaban J connectivity index is 2.34.